The predicted octanol–water partition coefficient (Wildman–Crippen LogP) is 3.04. The maximum atomic E-state index is 13.2. The fraction of sp³-hybridized carbons (Fsp3) is 0.389. The zero-order valence-corrected chi connectivity index (χ0v) is 16.0. The Morgan fingerprint density at radius 3 is 2.46 bits per heavy atom. The largest absolute Gasteiger partial charge is 0.495 e. The van der Waals surface area contributed by atoms with Crippen LogP contribution in [0.1, 0.15) is 12.6 Å². The monoisotopic (exact) mass is 397 g/mol. The van der Waals surface area contributed by atoms with Gasteiger partial charge in [-0.25, -0.2) is 4.98 Å². The number of carbonyl (C=O) groups excluding carboxylic acids is 1. The highest BCUT2D eigenvalue weighted by Crippen LogP contribution is 2.31. The van der Waals surface area contributed by atoms with Crippen molar-refractivity contribution in [2.75, 3.05) is 49.4 Å². The summed E-state index contributed by atoms with van der Waals surface area (Å²) in [4.78, 5) is 23.0. The quantitative estimate of drug-likeness (QED) is 0.775. The van der Waals surface area contributed by atoms with Gasteiger partial charge in [-0.1, -0.05) is 12.1 Å². The minimum absolute atomic E-state index is 0.0981. The van der Waals surface area contributed by atoms with Crippen LogP contribution in [0.5, 0.6) is 5.75 Å². The third-order valence-corrected chi connectivity index (χ3v) is 3.83. The highest BCUT2D eigenvalue weighted by molar-refractivity contribution is 5.95. The zero-order valence-electron chi connectivity index (χ0n) is 16.0. The van der Waals surface area contributed by atoms with E-state index in [9.17, 15) is 18.0 Å². The summed E-state index contributed by atoms with van der Waals surface area (Å²) in [6, 6.07) is 7.71. The standard InChI is InChI=1S/C18H22F3N5O2/c1-5-26(11-16(27)22-12-8-6-7-9-13(12)28-4)17-23-14(18(19,20)21)10-15(24-17)25(2)3/h6-10H,5,11H2,1-4H3,(H,22,27). The second-order valence-corrected chi connectivity index (χ2v) is 6.07. The molecule has 0 spiro atoms. The van der Waals surface area contributed by atoms with Crippen LogP contribution in [0.25, 0.3) is 0 Å². The first-order valence-corrected chi connectivity index (χ1v) is 8.47. The normalized spacial score (nSPS) is 11.1. The summed E-state index contributed by atoms with van der Waals surface area (Å²) in [6.07, 6.45) is -4.62. The number of likely N-dealkylation sites (N-methyl/N-ethyl adjacent to an activating group) is 1. The number of rotatable bonds is 7. The molecular weight excluding hydrogens is 375 g/mol. The van der Waals surface area contributed by atoms with Gasteiger partial charge in [0.1, 0.15) is 18.1 Å². The lowest BCUT2D eigenvalue weighted by Gasteiger charge is -2.23. The lowest BCUT2D eigenvalue weighted by Crippen LogP contribution is -2.35. The third-order valence-electron chi connectivity index (χ3n) is 3.83. The van der Waals surface area contributed by atoms with Crippen LogP contribution in [0.4, 0.5) is 30.6 Å². The molecular formula is C18H22F3N5O2. The second kappa shape index (κ2) is 8.77. The maximum absolute atomic E-state index is 13.2. The Morgan fingerprint density at radius 2 is 1.89 bits per heavy atom. The van der Waals surface area contributed by atoms with Crippen LogP contribution in [-0.2, 0) is 11.0 Å². The molecule has 1 aromatic carbocycles. The van der Waals surface area contributed by atoms with E-state index in [2.05, 4.69) is 15.3 Å². The van der Waals surface area contributed by atoms with Crippen LogP contribution in [-0.4, -0.2) is 50.2 Å². The molecule has 7 nitrogen and oxygen atoms in total. The Kier molecular flexibility index (Phi) is 6.66. The van der Waals surface area contributed by atoms with Crippen molar-refractivity contribution in [2.45, 2.75) is 13.1 Å². The van der Waals surface area contributed by atoms with Crippen LogP contribution < -0.4 is 19.9 Å². The van der Waals surface area contributed by atoms with Gasteiger partial charge in [0.15, 0.2) is 5.69 Å². The van der Waals surface area contributed by atoms with Gasteiger partial charge in [0.2, 0.25) is 11.9 Å². The molecule has 1 heterocycles. The number of hydrogen-bond donors (Lipinski definition) is 1. The smallest absolute Gasteiger partial charge is 0.433 e. The first-order chi connectivity index (χ1) is 13.2. The van der Waals surface area contributed by atoms with E-state index in [0.717, 1.165) is 6.07 Å². The van der Waals surface area contributed by atoms with Gasteiger partial charge in [-0.15, -0.1) is 0 Å². The summed E-state index contributed by atoms with van der Waals surface area (Å²) < 4.78 is 44.7. The van der Waals surface area contributed by atoms with Gasteiger partial charge in [0.25, 0.3) is 0 Å². The van der Waals surface area contributed by atoms with Gasteiger partial charge in [-0.3, -0.25) is 4.79 Å². The summed E-state index contributed by atoms with van der Waals surface area (Å²) in [5.74, 6) is -0.0278. The highest BCUT2D eigenvalue weighted by Gasteiger charge is 2.34. The molecule has 1 aromatic heterocycles. The van der Waals surface area contributed by atoms with Crippen molar-refractivity contribution in [3.8, 4) is 5.75 Å². The number of hydrogen-bond acceptors (Lipinski definition) is 6. The number of halogens is 3. The number of aromatic nitrogens is 2. The topological polar surface area (TPSA) is 70.6 Å². The Hall–Kier alpha value is -3.04. The fourth-order valence-corrected chi connectivity index (χ4v) is 2.37. The number of alkyl halides is 3. The fourth-order valence-electron chi connectivity index (χ4n) is 2.37. The molecule has 2 aromatic rings. The van der Waals surface area contributed by atoms with E-state index in [4.69, 9.17) is 4.74 Å². The van der Waals surface area contributed by atoms with E-state index < -0.39 is 17.8 Å². The molecule has 1 amide bonds. The lowest BCUT2D eigenvalue weighted by atomic mass is 10.3. The summed E-state index contributed by atoms with van der Waals surface area (Å²) in [7, 11) is 4.64. The molecule has 0 aliphatic carbocycles. The Balaban J connectivity index is 2.27. The molecule has 0 aliphatic heterocycles. The van der Waals surface area contributed by atoms with Crippen LogP contribution in [0, 0.1) is 0 Å². The SMILES string of the molecule is CCN(CC(=O)Nc1ccccc1OC)c1nc(N(C)C)cc(C(F)(F)F)n1. The molecule has 2 rings (SSSR count). The molecule has 0 aliphatic rings. The lowest BCUT2D eigenvalue weighted by molar-refractivity contribution is -0.141. The Labute approximate surface area is 161 Å². The molecule has 0 atom stereocenters. The van der Waals surface area contributed by atoms with Crippen molar-refractivity contribution >= 4 is 23.4 Å². The molecule has 10 heteroatoms. The molecule has 28 heavy (non-hydrogen) atoms. The van der Waals surface area contributed by atoms with Gasteiger partial charge in [0, 0.05) is 26.7 Å². The number of para-hydroxylation sites is 2. The molecule has 1 N–H and O–H groups in total. The molecule has 0 fully saturated rings. The summed E-state index contributed by atoms with van der Waals surface area (Å²) in [5, 5.41) is 2.68. The zero-order chi connectivity index (χ0) is 20.9. The minimum Gasteiger partial charge on any atom is -0.495 e. The Bertz CT molecular complexity index is 827. The molecule has 0 unspecified atom stereocenters. The highest BCUT2D eigenvalue weighted by atomic mass is 19.4. The Morgan fingerprint density at radius 1 is 1.21 bits per heavy atom. The number of anilines is 3. The van der Waals surface area contributed by atoms with E-state index in [0.29, 0.717) is 11.4 Å². The predicted molar refractivity (Wildman–Crippen MR) is 101 cm³/mol. The van der Waals surface area contributed by atoms with Crippen molar-refractivity contribution in [1.29, 1.82) is 0 Å². The van der Waals surface area contributed by atoms with Gasteiger partial charge in [-0.05, 0) is 19.1 Å². The second-order valence-electron chi connectivity index (χ2n) is 6.07. The van der Waals surface area contributed by atoms with E-state index in [1.807, 2.05) is 0 Å². The minimum atomic E-state index is -4.62. The number of nitrogens with one attached hydrogen (secondary N) is 1. The van der Waals surface area contributed by atoms with Crippen molar-refractivity contribution in [3.05, 3.63) is 36.0 Å². The van der Waals surface area contributed by atoms with Crippen LogP contribution >= 0.6 is 0 Å². The summed E-state index contributed by atoms with van der Waals surface area (Å²) in [5.41, 5.74) is -0.602. The summed E-state index contributed by atoms with van der Waals surface area (Å²) in [6.45, 7) is 1.73. The van der Waals surface area contributed by atoms with Crippen molar-refractivity contribution in [3.63, 3.8) is 0 Å². The van der Waals surface area contributed by atoms with Gasteiger partial charge in [0.05, 0.1) is 12.8 Å². The van der Waals surface area contributed by atoms with E-state index in [1.54, 1.807) is 45.3 Å². The molecule has 0 radical (unpaired) electrons. The average Bonchev–Trinajstić information content (AvgIpc) is 2.65. The van der Waals surface area contributed by atoms with E-state index in [1.165, 1.54) is 16.9 Å². The average molecular weight is 397 g/mol. The maximum Gasteiger partial charge on any atom is 0.433 e. The number of carbonyl (C=O) groups is 1. The molecule has 0 saturated heterocycles. The van der Waals surface area contributed by atoms with E-state index in [-0.39, 0.29) is 24.9 Å². The van der Waals surface area contributed by atoms with Crippen molar-refractivity contribution in [2.24, 2.45) is 0 Å². The number of ether oxygens (including phenoxy) is 1. The van der Waals surface area contributed by atoms with Crippen molar-refractivity contribution in [1.82, 2.24) is 9.97 Å². The van der Waals surface area contributed by atoms with E-state index >= 15 is 0 Å². The number of nitrogens with zero attached hydrogens (tertiary/aromatic N) is 4. The summed E-state index contributed by atoms with van der Waals surface area (Å²) >= 11 is 0. The van der Waals surface area contributed by atoms with Gasteiger partial charge in [-0.2, -0.15) is 18.2 Å². The van der Waals surface area contributed by atoms with Gasteiger partial charge < -0.3 is 19.9 Å². The van der Waals surface area contributed by atoms with Crippen LogP contribution in [0.2, 0.25) is 0 Å². The van der Waals surface area contributed by atoms with Crippen molar-refractivity contribution < 1.29 is 22.7 Å². The molecule has 152 valence electrons. The van der Waals surface area contributed by atoms with Crippen LogP contribution in [0.3, 0.4) is 0 Å². The number of benzene rings is 1. The number of methoxy groups -OCH3 is 1. The van der Waals surface area contributed by atoms with Crippen LogP contribution in [0.15, 0.2) is 30.3 Å². The first-order valence-electron chi connectivity index (χ1n) is 8.47. The molecule has 0 bridgehead atoms. The van der Waals surface area contributed by atoms with Gasteiger partial charge >= 0.3 is 6.18 Å². The number of amides is 1. The third kappa shape index (κ3) is 5.24. The first kappa shape index (κ1) is 21.3. The molecule has 0 saturated carbocycles.